The van der Waals surface area contributed by atoms with Crippen molar-refractivity contribution in [1.29, 1.82) is 0 Å². The summed E-state index contributed by atoms with van der Waals surface area (Å²) in [6.45, 7) is 9.35. The fraction of sp³-hybridized carbons (Fsp3) is 0.818. The number of hydrogen-bond acceptors (Lipinski definition) is 2. The van der Waals surface area contributed by atoms with E-state index in [1.807, 2.05) is 34.6 Å². The van der Waals surface area contributed by atoms with E-state index in [2.05, 4.69) is 5.32 Å². The predicted molar refractivity (Wildman–Crippen MR) is 58.5 cm³/mol. The van der Waals surface area contributed by atoms with E-state index in [4.69, 9.17) is 5.11 Å². The molecule has 0 aromatic carbocycles. The number of carbonyl (C=O) groups is 2. The molecule has 0 aromatic heterocycles. The summed E-state index contributed by atoms with van der Waals surface area (Å²) >= 11 is 0. The van der Waals surface area contributed by atoms with Gasteiger partial charge in [0.25, 0.3) is 0 Å². The van der Waals surface area contributed by atoms with Gasteiger partial charge < -0.3 is 10.4 Å². The highest BCUT2D eigenvalue weighted by Gasteiger charge is 2.27. The highest BCUT2D eigenvalue weighted by molar-refractivity contribution is 5.83. The molecule has 1 amide bonds. The van der Waals surface area contributed by atoms with Crippen molar-refractivity contribution in [2.75, 3.05) is 0 Å². The van der Waals surface area contributed by atoms with Crippen LogP contribution in [0, 0.1) is 11.8 Å². The summed E-state index contributed by atoms with van der Waals surface area (Å²) in [7, 11) is 0. The highest BCUT2D eigenvalue weighted by Crippen LogP contribution is 2.16. The summed E-state index contributed by atoms with van der Waals surface area (Å²) in [6.07, 6.45) is -0.112. The van der Waals surface area contributed by atoms with Crippen molar-refractivity contribution in [3.63, 3.8) is 0 Å². The molecule has 1 atom stereocenters. The van der Waals surface area contributed by atoms with Crippen LogP contribution in [0.1, 0.15) is 41.0 Å². The normalized spacial score (nSPS) is 13.7. The molecule has 4 heteroatoms. The number of carboxylic acid groups (broad SMARTS) is 1. The van der Waals surface area contributed by atoms with Gasteiger partial charge >= 0.3 is 5.97 Å². The van der Waals surface area contributed by atoms with Gasteiger partial charge in [0.15, 0.2) is 0 Å². The van der Waals surface area contributed by atoms with Crippen molar-refractivity contribution < 1.29 is 14.7 Å². The predicted octanol–water partition coefficient (Wildman–Crippen LogP) is 1.65. The maximum absolute atomic E-state index is 11.8. The SMILES string of the molecule is CC(C)C(CC(=O)O)C(=O)NC(C)(C)C. The summed E-state index contributed by atoms with van der Waals surface area (Å²) in [5.41, 5.74) is -0.317. The van der Waals surface area contributed by atoms with Gasteiger partial charge in [-0.15, -0.1) is 0 Å². The fourth-order valence-corrected chi connectivity index (χ4v) is 1.28. The molecule has 0 spiro atoms. The summed E-state index contributed by atoms with van der Waals surface area (Å²) < 4.78 is 0. The molecule has 0 aliphatic carbocycles. The van der Waals surface area contributed by atoms with Gasteiger partial charge in [0.05, 0.1) is 12.3 Å². The Bertz CT molecular complexity index is 241. The third kappa shape index (κ3) is 6.10. The van der Waals surface area contributed by atoms with Crippen LogP contribution in [0.2, 0.25) is 0 Å². The molecule has 15 heavy (non-hydrogen) atoms. The highest BCUT2D eigenvalue weighted by atomic mass is 16.4. The van der Waals surface area contributed by atoms with Crippen LogP contribution in [-0.4, -0.2) is 22.5 Å². The lowest BCUT2D eigenvalue weighted by Crippen LogP contribution is -2.45. The van der Waals surface area contributed by atoms with Crippen LogP contribution in [-0.2, 0) is 9.59 Å². The molecule has 0 fully saturated rings. The first kappa shape index (κ1) is 13.9. The van der Waals surface area contributed by atoms with Gasteiger partial charge in [-0.25, -0.2) is 0 Å². The minimum Gasteiger partial charge on any atom is -0.481 e. The van der Waals surface area contributed by atoms with Crippen LogP contribution in [0.3, 0.4) is 0 Å². The molecule has 0 radical (unpaired) electrons. The molecule has 0 aliphatic heterocycles. The Labute approximate surface area is 91.1 Å². The van der Waals surface area contributed by atoms with Gasteiger partial charge in [-0.05, 0) is 26.7 Å². The molecule has 0 bridgehead atoms. The van der Waals surface area contributed by atoms with E-state index in [0.717, 1.165) is 0 Å². The third-order valence-corrected chi connectivity index (χ3v) is 2.03. The smallest absolute Gasteiger partial charge is 0.304 e. The minimum atomic E-state index is -0.933. The quantitative estimate of drug-likeness (QED) is 0.749. The third-order valence-electron chi connectivity index (χ3n) is 2.03. The van der Waals surface area contributed by atoms with Crippen molar-refractivity contribution in [3.8, 4) is 0 Å². The molecule has 0 aliphatic rings. The Balaban J connectivity index is 4.50. The molecule has 0 saturated heterocycles. The Morgan fingerprint density at radius 3 is 2.00 bits per heavy atom. The molecule has 1 unspecified atom stereocenters. The minimum absolute atomic E-state index is 0.0310. The van der Waals surface area contributed by atoms with Crippen LogP contribution in [0.4, 0.5) is 0 Å². The van der Waals surface area contributed by atoms with Crippen molar-refractivity contribution in [2.45, 2.75) is 46.6 Å². The van der Waals surface area contributed by atoms with Crippen molar-refractivity contribution in [3.05, 3.63) is 0 Å². The maximum Gasteiger partial charge on any atom is 0.304 e. The molecule has 0 rings (SSSR count). The Morgan fingerprint density at radius 2 is 1.73 bits per heavy atom. The van der Waals surface area contributed by atoms with Crippen molar-refractivity contribution in [1.82, 2.24) is 5.32 Å². The summed E-state index contributed by atoms with van der Waals surface area (Å²) in [4.78, 5) is 22.4. The standard InChI is InChI=1S/C11H21NO3/c1-7(2)8(6-9(13)14)10(15)12-11(3,4)5/h7-8H,6H2,1-5H3,(H,12,15)(H,13,14). The second-order valence-corrected chi connectivity index (χ2v) is 5.19. The van der Waals surface area contributed by atoms with Gasteiger partial charge in [0.1, 0.15) is 0 Å². The molecular formula is C11H21NO3. The zero-order valence-electron chi connectivity index (χ0n) is 10.1. The van der Waals surface area contributed by atoms with Gasteiger partial charge in [-0.1, -0.05) is 13.8 Å². The van der Waals surface area contributed by atoms with Crippen LogP contribution in [0.25, 0.3) is 0 Å². The van der Waals surface area contributed by atoms with E-state index >= 15 is 0 Å². The fourth-order valence-electron chi connectivity index (χ4n) is 1.28. The van der Waals surface area contributed by atoms with E-state index < -0.39 is 11.9 Å². The van der Waals surface area contributed by atoms with Crippen molar-refractivity contribution >= 4 is 11.9 Å². The molecule has 0 aromatic rings. The average Bonchev–Trinajstić information content (AvgIpc) is 1.95. The zero-order chi connectivity index (χ0) is 12.2. The van der Waals surface area contributed by atoms with Crippen LogP contribution < -0.4 is 5.32 Å². The van der Waals surface area contributed by atoms with E-state index in [1.54, 1.807) is 0 Å². The van der Waals surface area contributed by atoms with Crippen molar-refractivity contribution in [2.24, 2.45) is 11.8 Å². The monoisotopic (exact) mass is 215 g/mol. The second-order valence-electron chi connectivity index (χ2n) is 5.19. The second kappa shape index (κ2) is 5.14. The summed E-state index contributed by atoms with van der Waals surface area (Å²) in [5, 5.41) is 11.5. The molecule has 4 nitrogen and oxygen atoms in total. The zero-order valence-corrected chi connectivity index (χ0v) is 10.1. The number of carbonyl (C=O) groups excluding carboxylic acids is 1. The van der Waals surface area contributed by atoms with Gasteiger partial charge in [0.2, 0.25) is 5.91 Å². The molecule has 0 saturated carbocycles. The lowest BCUT2D eigenvalue weighted by Gasteiger charge is -2.26. The number of carboxylic acids is 1. The first-order valence-electron chi connectivity index (χ1n) is 5.17. The van der Waals surface area contributed by atoms with Crippen LogP contribution >= 0.6 is 0 Å². The first-order chi connectivity index (χ1) is 6.63. The summed E-state index contributed by atoms with van der Waals surface area (Å²) in [5.74, 6) is -1.54. The number of amides is 1. The summed E-state index contributed by atoms with van der Waals surface area (Å²) in [6, 6.07) is 0. The number of rotatable bonds is 4. The topological polar surface area (TPSA) is 66.4 Å². The molecule has 88 valence electrons. The Kier molecular flexibility index (Phi) is 4.78. The van der Waals surface area contributed by atoms with E-state index in [9.17, 15) is 9.59 Å². The van der Waals surface area contributed by atoms with E-state index in [1.165, 1.54) is 0 Å². The van der Waals surface area contributed by atoms with E-state index in [0.29, 0.717) is 0 Å². The lowest BCUT2D eigenvalue weighted by atomic mass is 9.90. The van der Waals surface area contributed by atoms with Crippen LogP contribution in [0.15, 0.2) is 0 Å². The molecular weight excluding hydrogens is 194 g/mol. The van der Waals surface area contributed by atoms with Gasteiger partial charge in [-0.2, -0.15) is 0 Å². The Morgan fingerprint density at radius 1 is 1.27 bits per heavy atom. The molecule has 2 N–H and O–H groups in total. The van der Waals surface area contributed by atoms with E-state index in [-0.39, 0.29) is 23.8 Å². The maximum atomic E-state index is 11.8. The molecule has 0 heterocycles. The van der Waals surface area contributed by atoms with Crippen LogP contribution in [0.5, 0.6) is 0 Å². The first-order valence-corrected chi connectivity index (χ1v) is 5.17. The number of nitrogens with one attached hydrogen (secondary N) is 1. The lowest BCUT2D eigenvalue weighted by molar-refractivity contribution is -0.142. The average molecular weight is 215 g/mol. The van der Waals surface area contributed by atoms with Gasteiger partial charge in [-0.3, -0.25) is 9.59 Å². The largest absolute Gasteiger partial charge is 0.481 e. The number of hydrogen-bond donors (Lipinski definition) is 2. The van der Waals surface area contributed by atoms with Gasteiger partial charge in [0, 0.05) is 5.54 Å². The number of aliphatic carboxylic acids is 1. The Hall–Kier alpha value is -1.06.